The maximum absolute atomic E-state index is 12.8. The number of carbonyl (C=O) groups excluding carboxylic acids is 1. The van der Waals surface area contributed by atoms with Gasteiger partial charge in [-0.05, 0) is 93.3 Å². The second-order valence-electron chi connectivity index (χ2n) is 18.6. The molecule has 8 aromatic rings. The van der Waals surface area contributed by atoms with Crippen molar-refractivity contribution in [3.05, 3.63) is 144 Å². The monoisotopic (exact) mass is 1130 g/mol. The number of imidazole rings is 2. The van der Waals surface area contributed by atoms with Gasteiger partial charge in [-0.3, -0.25) is 13.6 Å². The van der Waals surface area contributed by atoms with Crippen molar-refractivity contribution in [1.29, 1.82) is 0 Å². The summed E-state index contributed by atoms with van der Waals surface area (Å²) in [4.78, 5) is 32.8. The zero-order valence-corrected chi connectivity index (χ0v) is 42.0. The number of hydrogen-bond acceptors (Lipinski definition) is 10. The number of carboxylic acid groups (broad SMARTS) is 1. The van der Waals surface area contributed by atoms with E-state index >= 15 is 0 Å². The Labute approximate surface area is 445 Å². The number of alkyl halides is 12. The van der Waals surface area contributed by atoms with Crippen molar-refractivity contribution in [2.45, 2.75) is 77.1 Å². The number of aromatic nitrogens is 4. The number of aromatic carboxylic acids is 1. The Morgan fingerprint density at radius 3 is 1.36 bits per heavy atom. The molecule has 4 N–H and O–H groups in total. The molecule has 0 spiro atoms. The quantitative estimate of drug-likeness (QED) is 0.0642. The van der Waals surface area contributed by atoms with Crippen molar-refractivity contribution in [1.82, 2.24) is 24.1 Å². The maximum atomic E-state index is 12.8. The predicted octanol–water partition coefficient (Wildman–Crippen LogP) is 14.7. The molecule has 80 heavy (non-hydrogen) atoms. The normalized spacial score (nSPS) is 13.3. The lowest BCUT2D eigenvalue weighted by atomic mass is 10.0. The molecule has 0 bridgehead atoms. The molecule has 1 amide bonds. The minimum Gasteiger partial charge on any atom is -0.478 e. The summed E-state index contributed by atoms with van der Waals surface area (Å²) < 4.78 is 175. The first-order chi connectivity index (χ1) is 37.5. The summed E-state index contributed by atoms with van der Waals surface area (Å²) >= 11 is 0. The van der Waals surface area contributed by atoms with E-state index in [4.69, 9.17) is 9.47 Å². The number of nitrogens with zero attached hydrogens (tertiary/aromatic N) is 4. The second kappa shape index (κ2) is 22.5. The molecule has 1 saturated carbocycles. The van der Waals surface area contributed by atoms with Crippen LogP contribution >= 0.6 is 0 Å². The Balaban J connectivity index is 0.000000211. The maximum Gasteiger partial charge on any atom is 0.573 e. The van der Waals surface area contributed by atoms with Crippen molar-refractivity contribution < 1.29 is 86.3 Å². The summed E-state index contributed by atoms with van der Waals surface area (Å²) in [5, 5.41) is 17.7. The van der Waals surface area contributed by atoms with Gasteiger partial charge in [-0.2, -0.15) is 26.3 Å². The molecule has 0 atom stereocenters. The van der Waals surface area contributed by atoms with Crippen LogP contribution in [0.4, 0.5) is 64.1 Å². The highest BCUT2D eigenvalue weighted by atomic mass is 19.4. The van der Waals surface area contributed by atoms with Gasteiger partial charge in [0.1, 0.15) is 34.5 Å². The Hall–Kier alpha value is -8.84. The largest absolute Gasteiger partial charge is 0.573 e. The number of rotatable bonds is 17. The van der Waals surface area contributed by atoms with E-state index in [9.17, 15) is 67.4 Å². The number of anilines is 2. The molecule has 4 heterocycles. The molecule has 4 aromatic carbocycles. The molecule has 1 aliphatic carbocycles. The standard InChI is InChI=1S/C29H26F6N4O3.C25H19F6N3O4/c1-17-12-18(6-7-22(17)26(40)38-27(2)8-9-27)24-15-37-25-23(36-11-10-28(30,31)32)14-21(16-39(24)25)41-19-4-3-5-20(13-19)42-29(33,34)35;1-14-9-15(5-6-19(14)23(35)36)21-12-33-22-20(32-8-7-24(26,27)28)11-18(13-34(21)22)37-16-3-2-4-17(10-16)38-25(29,30)31/h3-7,12-16,36H,8-11H2,1-2H3,(H,38,40);2-6,9-13,32H,7-8H2,1H3,(H,35,36). The van der Waals surface area contributed by atoms with Gasteiger partial charge in [0.25, 0.3) is 5.91 Å². The van der Waals surface area contributed by atoms with Gasteiger partial charge in [0, 0.05) is 59.6 Å². The molecule has 0 unspecified atom stereocenters. The van der Waals surface area contributed by atoms with Gasteiger partial charge < -0.3 is 40.0 Å². The summed E-state index contributed by atoms with van der Waals surface area (Å²) in [7, 11) is 0. The van der Waals surface area contributed by atoms with Crippen molar-refractivity contribution in [2.75, 3.05) is 23.7 Å². The predicted molar refractivity (Wildman–Crippen MR) is 268 cm³/mol. The number of amides is 1. The average molecular weight is 1130 g/mol. The summed E-state index contributed by atoms with van der Waals surface area (Å²) in [5.41, 5.74) is 4.83. The lowest BCUT2D eigenvalue weighted by Crippen LogP contribution is -2.34. The van der Waals surface area contributed by atoms with Crippen LogP contribution in [-0.4, -0.2) is 79.5 Å². The van der Waals surface area contributed by atoms with Gasteiger partial charge in [0.05, 0.1) is 66.0 Å². The van der Waals surface area contributed by atoms with Crippen LogP contribution in [0.1, 0.15) is 64.4 Å². The fourth-order valence-corrected chi connectivity index (χ4v) is 8.14. The minimum atomic E-state index is -4.91. The van der Waals surface area contributed by atoms with E-state index in [0.29, 0.717) is 44.9 Å². The fourth-order valence-electron chi connectivity index (χ4n) is 8.14. The smallest absolute Gasteiger partial charge is 0.478 e. The number of hydrogen-bond donors (Lipinski definition) is 4. The van der Waals surface area contributed by atoms with Crippen LogP contribution in [0.5, 0.6) is 34.5 Å². The van der Waals surface area contributed by atoms with E-state index in [1.54, 1.807) is 48.6 Å². The number of benzene rings is 4. The third-order valence-corrected chi connectivity index (χ3v) is 12.1. The molecular formula is C54H45F12N7O7. The Kier molecular flexibility index (Phi) is 16.1. The number of aryl methyl sites for hydroxylation is 2. The van der Waals surface area contributed by atoms with Crippen LogP contribution < -0.4 is 34.9 Å². The molecule has 1 aliphatic rings. The minimum absolute atomic E-state index is 0.00887. The van der Waals surface area contributed by atoms with Crippen molar-refractivity contribution in [3.63, 3.8) is 0 Å². The summed E-state index contributed by atoms with van der Waals surface area (Å²) in [6.45, 7) is 4.48. The first kappa shape index (κ1) is 57.3. The third kappa shape index (κ3) is 15.2. The lowest BCUT2D eigenvalue weighted by Gasteiger charge is -2.15. The lowest BCUT2D eigenvalue weighted by molar-refractivity contribution is -0.275. The van der Waals surface area contributed by atoms with E-state index in [1.807, 2.05) is 6.92 Å². The van der Waals surface area contributed by atoms with Crippen LogP contribution in [0.15, 0.2) is 122 Å². The molecule has 422 valence electrons. The fraction of sp³-hybridized carbons (Fsp3) is 0.259. The number of ether oxygens (including phenoxy) is 4. The molecule has 1 fully saturated rings. The SMILES string of the molecule is Cc1cc(-c2cnc3c(NCCC(F)(F)F)cc(Oc4cccc(OC(F)(F)F)c4)cn23)ccc1C(=O)NC1(C)CC1.Cc1cc(-c2cnc3c(NCCC(F)(F)F)cc(Oc4cccc(OC(F)(F)F)c4)cn23)ccc1C(=O)O. The molecule has 26 heteroatoms. The molecule has 0 saturated heterocycles. The molecular weight excluding hydrogens is 1090 g/mol. The highest BCUT2D eigenvalue weighted by Gasteiger charge is 2.39. The number of carbonyl (C=O) groups is 2. The number of pyridine rings is 2. The molecule has 14 nitrogen and oxygen atoms in total. The second-order valence-corrected chi connectivity index (χ2v) is 18.6. The van der Waals surface area contributed by atoms with Crippen LogP contribution in [0.2, 0.25) is 0 Å². The van der Waals surface area contributed by atoms with Crippen LogP contribution in [-0.2, 0) is 0 Å². The molecule has 0 aliphatic heterocycles. The van der Waals surface area contributed by atoms with E-state index in [1.165, 1.54) is 71.7 Å². The number of fused-ring (bicyclic) bond motifs is 2. The van der Waals surface area contributed by atoms with E-state index in [-0.39, 0.29) is 57.0 Å². The van der Waals surface area contributed by atoms with Crippen LogP contribution in [0.3, 0.4) is 0 Å². The topological polar surface area (TPSA) is 162 Å². The molecule has 9 rings (SSSR count). The van der Waals surface area contributed by atoms with Gasteiger partial charge in [-0.25, -0.2) is 14.8 Å². The third-order valence-electron chi connectivity index (χ3n) is 12.1. The van der Waals surface area contributed by atoms with E-state index in [2.05, 4.69) is 35.4 Å². The summed E-state index contributed by atoms with van der Waals surface area (Å²) in [6, 6.07) is 22.3. The van der Waals surface area contributed by atoms with Gasteiger partial charge in [-0.1, -0.05) is 24.3 Å². The van der Waals surface area contributed by atoms with Crippen LogP contribution in [0, 0.1) is 13.8 Å². The highest BCUT2D eigenvalue weighted by Crippen LogP contribution is 2.38. The van der Waals surface area contributed by atoms with Gasteiger partial charge >= 0.3 is 31.0 Å². The molecule has 0 radical (unpaired) electrons. The zero-order chi connectivity index (χ0) is 58.0. The van der Waals surface area contributed by atoms with E-state index in [0.717, 1.165) is 37.1 Å². The molecule has 4 aromatic heterocycles. The number of carboxylic acids is 1. The summed E-state index contributed by atoms with van der Waals surface area (Å²) in [6.07, 6.45) is -13.0. The first-order valence-corrected chi connectivity index (χ1v) is 24.0. The van der Waals surface area contributed by atoms with Gasteiger partial charge in [-0.15, -0.1) is 26.3 Å². The van der Waals surface area contributed by atoms with Crippen molar-refractivity contribution in [3.8, 4) is 57.0 Å². The Morgan fingerprint density at radius 2 is 0.988 bits per heavy atom. The highest BCUT2D eigenvalue weighted by molar-refractivity contribution is 5.97. The number of nitrogens with one attached hydrogen (secondary N) is 3. The Bertz CT molecular complexity index is 3570. The van der Waals surface area contributed by atoms with E-state index < -0.39 is 68.5 Å². The van der Waals surface area contributed by atoms with Gasteiger partial charge in [0.2, 0.25) is 0 Å². The zero-order valence-electron chi connectivity index (χ0n) is 42.0. The van der Waals surface area contributed by atoms with Gasteiger partial charge in [0.15, 0.2) is 11.3 Å². The Morgan fingerprint density at radius 1 is 0.575 bits per heavy atom. The van der Waals surface area contributed by atoms with Crippen molar-refractivity contribution in [2.24, 2.45) is 0 Å². The number of halogens is 12. The first-order valence-electron chi connectivity index (χ1n) is 24.0. The van der Waals surface area contributed by atoms with Crippen molar-refractivity contribution >= 4 is 34.5 Å². The summed E-state index contributed by atoms with van der Waals surface area (Å²) in [5.74, 6) is -2.11. The van der Waals surface area contributed by atoms with Crippen LogP contribution in [0.25, 0.3) is 33.8 Å². The average Bonchev–Trinajstić information content (AvgIpc) is 3.72.